The number of benzene rings is 2. The average Bonchev–Trinajstić information content (AvgIpc) is 2.62. The molecule has 0 aliphatic carbocycles. The highest BCUT2D eigenvalue weighted by Gasteiger charge is 2.22. The maximum Gasteiger partial charge on any atom is 0.112 e. The molecule has 1 fully saturated rings. The Labute approximate surface area is 153 Å². The van der Waals surface area contributed by atoms with Crippen molar-refractivity contribution in [1.82, 2.24) is 0 Å². The van der Waals surface area contributed by atoms with Crippen molar-refractivity contribution >= 4 is 29.1 Å². The molecule has 0 saturated carbocycles. The van der Waals surface area contributed by atoms with E-state index in [-0.39, 0.29) is 6.10 Å². The van der Waals surface area contributed by atoms with Crippen LogP contribution in [0, 0.1) is 0 Å². The van der Waals surface area contributed by atoms with Crippen molar-refractivity contribution in [3.8, 4) is 0 Å². The quantitative estimate of drug-likeness (QED) is 0.771. The van der Waals surface area contributed by atoms with Gasteiger partial charge in [-0.25, -0.2) is 0 Å². The van der Waals surface area contributed by atoms with E-state index < -0.39 is 0 Å². The Morgan fingerprint density at radius 1 is 1.04 bits per heavy atom. The fourth-order valence-electron chi connectivity index (χ4n) is 3.06. The highest BCUT2D eigenvalue weighted by molar-refractivity contribution is 7.99. The molecule has 1 saturated heterocycles. The fourth-order valence-corrected chi connectivity index (χ4v) is 4.23. The number of thioether (sulfide) groups is 1. The number of piperazine rings is 1. The van der Waals surface area contributed by atoms with Crippen LogP contribution >= 0.6 is 23.4 Å². The molecule has 1 aliphatic heterocycles. The average molecular weight is 364 g/mol. The first kappa shape index (κ1) is 17.6. The Kier molecular flexibility index (Phi) is 6.44. The number of hydrogen-bond donors (Lipinski definition) is 2. The number of aliphatic hydroxyl groups is 1. The molecule has 3 nitrogen and oxygen atoms in total. The van der Waals surface area contributed by atoms with E-state index in [1.165, 1.54) is 10.6 Å². The second-order valence-corrected chi connectivity index (χ2v) is 7.64. The minimum absolute atomic E-state index is 0.301. The van der Waals surface area contributed by atoms with Gasteiger partial charge in [0.25, 0.3) is 0 Å². The van der Waals surface area contributed by atoms with E-state index in [0.29, 0.717) is 5.75 Å². The molecule has 0 amide bonds. The van der Waals surface area contributed by atoms with E-state index in [2.05, 4.69) is 35.2 Å². The molecule has 1 atom stereocenters. The van der Waals surface area contributed by atoms with Gasteiger partial charge in [0.1, 0.15) is 12.6 Å². The van der Waals surface area contributed by atoms with Crippen LogP contribution in [-0.2, 0) is 0 Å². The predicted molar refractivity (Wildman–Crippen MR) is 102 cm³/mol. The molecule has 128 valence electrons. The van der Waals surface area contributed by atoms with Crippen LogP contribution in [-0.4, -0.2) is 49.7 Å². The van der Waals surface area contributed by atoms with E-state index in [9.17, 15) is 5.11 Å². The Hall–Kier alpha value is -1.20. The summed E-state index contributed by atoms with van der Waals surface area (Å²) in [4.78, 5) is 4.95. The largest absolute Gasteiger partial charge is 0.386 e. The molecule has 1 aliphatic rings. The van der Waals surface area contributed by atoms with E-state index >= 15 is 0 Å². The van der Waals surface area contributed by atoms with E-state index in [0.717, 1.165) is 42.6 Å². The van der Waals surface area contributed by atoms with Gasteiger partial charge in [-0.2, -0.15) is 0 Å². The molecule has 0 radical (unpaired) electrons. The second-order valence-electron chi connectivity index (χ2n) is 6.17. The maximum absolute atomic E-state index is 10.3. The SMILES string of the molecule is O[C@H](CSc1ccccc1Cl)C[NH+]1CCN(c2ccccc2)CC1. The number of hydrogen-bond acceptors (Lipinski definition) is 3. The summed E-state index contributed by atoms with van der Waals surface area (Å²) in [6, 6.07) is 18.4. The highest BCUT2D eigenvalue weighted by Crippen LogP contribution is 2.26. The van der Waals surface area contributed by atoms with Gasteiger partial charge in [0, 0.05) is 16.3 Å². The van der Waals surface area contributed by atoms with Crippen molar-refractivity contribution in [3.63, 3.8) is 0 Å². The lowest BCUT2D eigenvalue weighted by Crippen LogP contribution is -3.15. The van der Waals surface area contributed by atoms with Crippen LogP contribution < -0.4 is 9.80 Å². The molecule has 24 heavy (non-hydrogen) atoms. The van der Waals surface area contributed by atoms with Gasteiger partial charge in [0.2, 0.25) is 0 Å². The highest BCUT2D eigenvalue weighted by atomic mass is 35.5. The maximum atomic E-state index is 10.3. The van der Waals surface area contributed by atoms with Crippen LogP contribution in [0.15, 0.2) is 59.5 Å². The summed E-state index contributed by atoms with van der Waals surface area (Å²) in [5.74, 6) is 0.690. The van der Waals surface area contributed by atoms with Crippen molar-refractivity contribution in [2.24, 2.45) is 0 Å². The minimum atomic E-state index is -0.301. The summed E-state index contributed by atoms with van der Waals surface area (Å²) in [6.07, 6.45) is -0.301. The third-order valence-electron chi connectivity index (χ3n) is 4.38. The number of aliphatic hydroxyl groups excluding tert-OH is 1. The molecule has 0 aromatic heterocycles. The van der Waals surface area contributed by atoms with Gasteiger partial charge in [-0.15, -0.1) is 11.8 Å². The van der Waals surface area contributed by atoms with Crippen LogP contribution in [0.1, 0.15) is 0 Å². The van der Waals surface area contributed by atoms with Crippen LogP contribution in [0.4, 0.5) is 5.69 Å². The summed E-state index contributed by atoms with van der Waals surface area (Å²) in [5, 5.41) is 11.1. The first-order chi connectivity index (χ1) is 11.7. The van der Waals surface area contributed by atoms with Crippen LogP contribution in [0.25, 0.3) is 0 Å². The second kappa shape index (κ2) is 8.77. The molecule has 1 heterocycles. The number of halogens is 1. The lowest BCUT2D eigenvalue weighted by molar-refractivity contribution is -0.903. The number of para-hydroxylation sites is 1. The van der Waals surface area contributed by atoms with Crippen LogP contribution in [0.5, 0.6) is 0 Å². The molecule has 2 N–H and O–H groups in total. The van der Waals surface area contributed by atoms with Gasteiger partial charge in [0.05, 0.1) is 31.2 Å². The summed E-state index contributed by atoms with van der Waals surface area (Å²) in [6.45, 7) is 5.04. The molecule has 2 aromatic carbocycles. The van der Waals surface area contributed by atoms with Crippen molar-refractivity contribution < 1.29 is 10.0 Å². The minimum Gasteiger partial charge on any atom is -0.386 e. The Balaban J connectivity index is 1.42. The van der Waals surface area contributed by atoms with Crippen molar-refractivity contribution in [2.45, 2.75) is 11.0 Å². The zero-order chi connectivity index (χ0) is 16.8. The summed E-state index contributed by atoms with van der Waals surface area (Å²) >= 11 is 7.80. The number of rotatable bonds is 6. The molecular weight excluding hydrogens is 340 g/mol. The van der Waals surface area contributed by atoms with Crippen molar-refractivity contribution in [1.29, 1.82) is 0 Å². The van der Waals surface area contributed by atoms with Crippen LogP contribution in [0.2, 0.25) is 5.02 Å². The van der Waals surface area contributed by atoms with E-state index in [1.54, 1.807) is 11.8 Å². The summed E-state index contributed by atoms with van der Waals surface area (Å²) in [5.41, 5.74) is 1.30. The molecule has 0 spiro atoms. The first-order valence-corrected chi connectivity index (χ1v) is 9.77. The first-order valence-electron chi connectivity index (χ1n) is 8.41. The third-order valence-corrected chi connectivity index (χ3v) is 6.04. The molecule has 2 aromatic rings. The molecule has 0 bridgehead atoms. The topological polar surface area (TPSA) is 27.9 Å². The van der Waals surface area contributed by atoms with E-state index in [4.69, 9.17) is 11.6 Å². The van der Waals surface area contributed by atoms with Gasteiger partial charge in [-0.1, -0.05) is 41.9 Å². The van der Waals surface area contributed by atoms with Gasteiger partial charge in [0.15, 0.2) is 0 Å². The standard InChI is InChI=1S/C19H23ClN2OS/c20-18-8-4-5-9-19(18)24-15-17(23)14-21-10-12-22(13-11-21)16-6-2-1-3-7-16/h1-9,17,23H,10-15H2/p+1/t17-/m0/s1. The van der Waals surface area contributed by atoms with E-state index in [1.807, 2.05) is 24.3 Å². The zero-order valence-electron chi connectivity index (χ0n) is 13.7. The number of anilines is 1. The number of nitrogens with one attached hydrogen (secondary N) is 1. The Morgan fingerprint density at radius 3 is 2.42 bits per heavy atom. The lowest BCUT2D eigenvalue weighted by Gasteiger charge is -2.34. The van der Waals surface area contributed by atoms with Crippen LogP contribution in [0.3, 0.4) is 0 Å². The monoisotopic (exact) mass is 363 g/mol. The fraction of sp³-hybridized carbons (Fsp3) is 0.368. The number of quaternary nitrogens is 1. The van der Waals surface area contributed by atoms with Gasteiger partial charge < -0.3 is 14.9 Å². The van der Waals surface area contributed by atoms with Crippen molar-refractivity contribution in [2.75, 3.05) is 43.4 Å². The Morgan fingerprint density at radius 2 is 1.71 bits per heavy atom. The summed E-state index contributed by atoms with van der Waals surface area (Å²) in [7, 11) is 0. The Bertz CT molecular complexity index is 632. The van der Waals surface area contributed by atoms with Gasteiger partial charge >= 0.3 is 0 Å². The molecular formula is C19H24ClN2OS+. The van der Waals surface area contributed by atoms with Crippen molar-refractivity contribution in [3.05, 3.63) is 59.6 Å². The molecule has 3 rings (SSSR count). The smallest absolute Gasteiger partial charge is 0.112 e. The number of nitrogens with zero attached hydrogens (tertiary/aromatic N) is 1. The molecule has 5 heteroatoms. The lowest BCUT2D eigenvalue weighted by atomic mass is 10.2. The normalized spacial score (nSPS) is 17.0. The summed E-state index contributed by atoms with van der Waals surface area (Å²) < 4.78 is 0. The third kappa shape index (κ3) is 4.90. The van der Waals surface area contributed by atoms with Gasteiger partial charge in [-0.05, 0) is 24.3 Å². The van der Waals surface area contributed by atoms with Gasteiger partial charge in [-0.3, -0.25) is 0 Å². The zero-order valence-corrected chi connectivity index (χ0v) is 15.3. The predicted octanol–water partition coefficient (Wildman–Crippen LogP) is 2.20. The molecule has 0 unspecified atom stereocenters.